The summed E-state index contributed by atoms with van der Waals surface area (Å²) in [6.07, 6.45) is -1.05. The molecule has 2 amide bonds. The van der Waals surface area contributed by atoms with Crippen molar-refractivity contribution < 1.29 is 37.0 Å². The number of carbonyl (C=O) groups excluding carboxylic acids is 2. The topological polar surface area (TPSA) is 108 Å². The normalized spacial score (nSPS) is 13.5. The molecule has 10 heteroatoms. The van der Waals surface area contributed by atoms with E-state index >= 15 is 0 Å². The Morgan fingerprint density at radius 3 is 1.97 bits per heavy atom. The van der Waals surface area contributed by atoms with E-state index in [0.717, 1.165) is 10.3 Å². The number of rotatable bonds is 10. The van der Waals surface area contributed by atoms with E-state index in [1.165, 1.54) is 18.2 Å². The molecule has 192 valence electrons. The third-order valence-electron chi connectivity index (χ3n) is 3.98. The van der Waals surface area contributed by atoms with Crippen LogP contribution in [0.15, 0.2) is 46.7 Å². The SMILES string of the molecule is CCOCOC(/C=C/S(=O)(=O)c1ccccc1)CCN(C(=O)OC(C)(C)C)C(=O)OC(C)(C)C. The van der Waals surface area contributed by atoms with Crippen molar-refractivity contribution in [1.82, 2.24) is 4.90 Å². The zero-order valence-electron chi connectivity index (χ0n) is 21.1. The molecular weight excluding hydrogens is 462 g/mol. The number of carbonyl (C=O) groups is 2. The molecule has 0 bridgehead atoms. The van der Waals surface area contributed by atoms with Gasteiger partial charge in [-0.05, 0) is 73.1 Å². The van der Waals surface area contributed by atoms with Gasteiger partial charge in [-0.25, -0.2) is 22.9 Å². The second-order valence-corrected chi connectivity index (χ2v) is 11.2. The van der Waals surface area contributed by atoms with Crippen molar-refractivity contribution >= 4 is 22.0 Å². The molecule has 0 aliphatic heterocycles. The van der Waals surface area contributed by atoms with Crippen LogP contribution in [0.1, 0.15) is 54.9 Å². The van der Waals surface area contributed by atoms with Crippen LogP contribution in [0.4, 0.5) is 9.59 Å². The fourth-order valence-electron chi connectivity index (χ4n) is 2.48. The van der Waals surface area contributed by atoms with Crippen molar-refractivity contribution in [3.8, 4) is 0 Å². The van der Waals surface area contributed by atoms with Crippen LogP contribution in [0.3, 0.4) is 0 Å². The van der Waals surface area contributed by atoms with Crippen LogP contribution in [0.2, 0.25) is 0 Å². The third-order valence-corrected chi connectivity index (χ3v) is 5.42. The summed E-state index contributed by atoms with van der Waals surface area (Å²) in [4.78, 5) is 26.3. The maximum atomic E-state index is 12.7. The predicted molar refractivity (Wildman–Crippen MR) is 128 cm³/mol. The summed E-state index contributed by atoms with van der Waals surface area (Å²) in [5.74, 6) is 0. The minimum atomic E-state index is -3.70. The molecular formula is C24H37NO8S. The number of hydrogen-bond acceptors (Lipinski definition) is 8. The maximum absolute atomic E-state index is 12.7. The van der Waals surface area contributed by atoms with Gasteiger partial charge in [-0.1, -0.05) is 18.2 Å². The number of nitrogens with zero attached hydrogens (tertiary/aromatic N) is 1. The number of sulfone groups is 1. The molecule has 0 heterocycles. The fraction of sp³-hybridized carbons (Fsp3) is 0.583. The summed E-state index contributed by atoms with van der Waals surface area (Å²) in [5, 5.41) is 1.05. The van der Waals surface area contributed by atoms with Crippen LogP contribution in [0, 0.1) is 0 Å². The molecule has 0 N–H and O–H groups in total. The van der Waals surface area contributed by atoms with Gasteiger partial charge in [0.1, 0.15) is 18.0 Å². The Kier molecular flexibility index (Phi) is 11.2. The molecule has 0 spiro atoms. The van der Waals surface area contributed by atoms with Crippen LogP contribution >= 0.6 is 0 Å². The Balaban J connectivity index is 3.06. The molecule has 1 aromatic rings. The van der Waals surface area contributed by atoms with Crippen LogP contribution in [-0.4, -0.2) is 62.8 Å². The lowest BCUT2D eigenvalue weighted by Gasteiger charge is -2.29. The molecule has 0 aliphatic rings. The Hall–Kier alpha value is -2.43. The quantitative estimate of drug-likeness (QED) is 0.330. The first-order valence-corrected chi connectivity index (χ1v) is 12.6. The van der Waals surface area contributed by atoms with E-state index in [-0.39, 0.29) is 24.7 Å². The highest BCUT2D eigenvalue weighted by atomic mass is 32.2. The molecule has 0 saturated carbocycles. The highest BCUT2D eigenvalue weighted by Crippen LogP contribution is 2.17. The number of hydrogen-bond donors (Lipinski definition) is 0. The van der Waals surface area contributed by atoms with Gasteiger partial charge in [-0.15, -0.1) is 0 Å². The zero-order valence-corrected chi connectivity index (χ0v) is 21.9. The van der Waals surface area contributed by atoms with Gasteiger partial charge in [-0.3, -0.25) is 0 Å². The fourth-order valence-corrected chi connectivity index (χ4v) is 3.56. The monoisotopic (exact) mass is 499 g/mol. The Bertz CT molecular complexity index is 887. The molecule has 1 aromatic carbocycles. The lowest BCUT2D eigenvalue weighted by Crippen LogP contribution is -2.44. The summed E-state index contributed by atoms with van der Waals surface area (Å²) >= 11 is 0. The van der Waals surface area contributed by atoms with Crippen molar-refractivity contribution in [2.45, 2.75) is 77.1 Å². The van der Waals surface area contributed by atoms with Crippen LogP contribution in [0.25, 0.3) is 0 Å². The Labute approximate surface area is 202 Å². The molecule has 1 unspecified atom stereocenters. The summed E-state index contributed by atoms with van der Waals surface area (Å²) in [6.45, 7) is 12.1. The van der Waals surface area contributed by atoms with Crippen molar-refractivity contribution in [3.05, 3.63) is 41.8 Å². The van der Waals surface area contributed by atoms with E-state index in [4.69, 9.17) is 18.9 Å². The molecule has 1 rings (SSSR count). The molecule has 0 aliphatic carbocycles. The first-order valence-electron chi connectivity index (χ1n) is 11.1. The molecule has 0 aromatic heterocycles. The van der Waals surface area contributed by atoms with Gasteiger partial charge >= 0.3 is 12.2 Å². The van der Waals surface area contributed by atoms with Gasteiger partial charge in [0.25, 0.3) is 0 Å². The van der Waals surface area contributed by atoms with Gasteiger partial charge in [0.15, 0.2) is 9.84 Å². The summed E-state index contributed by atoms with van der Waals surface area (Å²) < 4.78 is 46.7. The average molecular weight is 500 g/mol. The van der Waals surface area contributed by atoms with Crippen molar-refractivity contribution in [3.63, 3.8) is 0 Å². The largest absolute Gasteiger partial charge is 0.443 e. The molecule has 0 saturated heterocycles. The van der Waals surface area contributed by atoms with Crippen molar-refractivity contribution in [2.75, 3.05) is 19.9 Å². The van der Waals surface area contributed by atoms with Gasteiger partial charge < -0.3 is 18.9 Å². The van der Waals surface area contributed by atoms with Crippen molar-refractivity contribution in [2.24, 2.45) is 0 Å². The zero-order chi connectivity index (χ0) is 26.0. The number of ether oxygens (including phenoxy) is 4. The Morgan fingerprint density at radius 2 is 1.50 bits per heavy atom. The number of amides is 2. The van der Waals surface area contributed by atoms with E-state index in [1.807, 2.05) is 0 Å². The summed E-state index contributed by atoms with van der Waals surface area (Å²) in [7, 11) is -3.70. The first-order chi connectivity index (χ1) is 15.6. The maximum Gasteiger partial charge on any atom is 0.419 e. The molecule has 1 atom stereocenters. The minimum absolute atomic E-state index is 0.0875. The van der Waals surface area contributed by atoms with E-state index in [2.05, 4.69) is 0 Å². The minimum Gasteiger partial charge on any atom is -0.443 e. The second kappa shape index (κ2) is 12.9. The van der Waals surface area contributed by atoms with E-state index in [1.54, 1.807) is 66.7 Å². The van der Waals surface area contributed by atoms with E-state index in [0.29, 0.717) is 6.61 Å². The summed E-state index contributed by atoms with van der Waals surface area (Å²) in [5.41, 5.74) is -1.66. The molecule has 0 radical (unpaired) electrons. The lowest BCUT2D eigenvalue weighted by molar-refractivity contribution is -0.0749. The lowest BCUT2D eigenvalue weighted by atomic mass is 10.2. The van der Waals surface area contributed by atoms with Gasteiger partial charge in [0.2, 0.25) is 0 Å². The summed E-state index contributed by atoms with van der Waals surface area (Å²) in [6, 6.07) is 7.95. The molecule has 9 nitrogen and oxygen atoms in total. The van der Waals surface area contributed by atoms with Gasteiger partial charge in [-0.2, -0.15) is 0 Å². The number of imide groups is 1. The highest BCUT2D eigenvalue weighted by molar-refractivity contribution is 7.94. The molecule has 0 fully saturated rings. The average Bonchev–Trinajstić information content (AvgIpc) is 2.69. The van der Waals surface area contributed by atoms with Crippen LogP contribution in [-0.2, 0) is 28.8 Å². The standard InChI is InChI=1S/C24H37NO8S/c1-8-30-18-31-19(15-17-34(28,29)20-12-10-9-11-13-20)14-16-25(21(26)32-23(2,3)4)22(27)33-24(5,6)7/h9-13,15,17,19H,8,14,16,18H2,1-7H3/b17-15+. The predicted octanol–water partition coefficient (Wildman–Crippen LogP) is 4.92. The third kappa shape index (κ3) is 11.6. The van der Waals surface area contributed by atoms with Crippen LogP contribution in [0.5, 0.6) is 0 Å². The highest BCUT2D eigenvalue weighted by Gasteiger charge is 2.31. The first kappa shape index (κ1) is 29.6. The van der Waals surface area contributed by atoms with E-state index in [9.17, 15) is 18.0 Å². The van der Waals surface area contributed by atoms with Gasteiger partial charge in [0.05, 0.1) is 11.0 Å². The molecule has 34 heavy (non-hydrogen) atoms. The smallest absolute Gasteiger partial charge is 0.419 e. The Morgan fingerprint density at radius 1 is 0.971 bits per heavy atom. The van der Waals surface area contributed by atoms with Gasteiger partial charge in [0, 0.05) is 18.6 Å². The van der Waals surface area contributed by atoms with Crippen molar-refractivity contribution in [1.29, 1.82) is 0 Å². The van der Waals surface area contributed by atoms with Crippen LogP contribution < -0.4 is 0 Å². The number of benzene rings is 1. The van der Waals surface area contributed by atoms with E-state index < -0.39 is 39.3 Å². The second-order valence-electron chi connectivity index (χ2n) is 9.40.